The van der Waals surface area contributed by atoms with Gasteiger partial charge in [-0.05, 0) is 56.8 Å². The molecule has 0 radical (unpaired) electrons. The number of nitrogens with zero attached hydrogens (tertiary/aromatic N) is 1. The minimum Gasteiger partial charge on any atom is -0.351 e. The molecule has 0 bridgehead atoms. The number of piperidine rings is 1. The van der Waals surface area contributed by atoms with Crippen molar-refractivity contribution in [2.75, 3.05) is 13.1 Å². The maximum Gasteiger partial charge on any atom is 0.327 e. The van der Waals surface area contributed by atoms with Gasteiger partial charge in [0.05, 0.1) is 0 Å². The van der Waals surface area contributed by atoms with Crippen molar-refractivity contribution in [1.82, 2.24) is 15.5 Å². The summed E-state index contributed by atoms with van der Waals surface area (Å²) in [5.41, 5.74) is 0. The normalized spacial score (nSPS) is 37.5. The Bertz CT molecular complexity index is 825. The van der Waals surface area contributed by atoms with E-state index in [1.807, 2.05) is 0 Å². The predicted octanol–water partition coefficient (Wildman–Crippen LogP) is 1.89. The first-order chi connectivity index (χ1) is 15.6. The molecule has 2 aliphatic carbocycles. The number of carbonyl (C=O) groups excluding carboxylic acids is 4. The Morgan fingerprint density at radius 1 is 1.03 bits per heavy atom. The highest BCUT2D eigenvalue weighted by Gasteiger charge is 2.51. The van der Waals surface area contributed by atoms with Gasteiger partial charge in [-0.1, -0.05) is 0 Å². The lowest BCUT2D eigenvalue weighted by atomic mass is 9.75. The number of hydrogen-bond acceptors (Lipinski definition) is 4. The molecule has 7 atom stereocenters. The van der Waals surface area contributed by atoms with Gasteiger partial charge in [-0.15, -0.1) is 0 Å². The van der Waals surface area contributed by atoms with Crippen LogP contribution in [0.3, 0.4) is 0 Å². The summed E-state index contributed by atoms with van der Waals surface area (Å²) >= 11 is 0. The smallest absolute Gasteiger partial charge is 0.327 e. The van der Waals surface area contributed by atoms with E-state index in [-0.39, 0.29) is 61.8 Å². The van der Waals surface area contributed by atoms with Crippen LogP contribution in [0.15, 0.2) is 0 Å². The van der Waals surface area contributed by atoms with Crippen LogP contribution in [-0.4, -0.2) is 65.9 Å². The number of rotatable bonds is 5. The minimum atomic E-state index is -3.77. The first-order valence-corrected chi connectivity index (χ1v) is 11.7. The zero-order chi connectivity index (χ0) is 23.9. The van der Waals surface area contributed by atoms with Crippen LogP contribution in [0.1, 0.15) is 51.4 Å². The van der Waals surface area contributed by atoms with Crippen molar-refractivity contribution in [2.24, 2.45) is 23.7 Å². The van der Waals surface area contributed by atoms with Gasteiger partial charge in [0.25, 0.3) is 5.91 Å². The molecule has 7 nitrogen and oxygen atoms in total. The van der Waals surface area contributed by atoms with Crippen molar-refractivity contribution >= 4 is 23.6 Å². The lowest BCUT2D eigenvalue weighted by Crippen LogP contribution is -2.53. The summed E-state index contributed by atoms with van der Waals surface area (Å²) in [6.07, 6.45) is -2.86. The quantitative estimate of drug-likeness (QED) is 0.469. The fraction of sp³-hybridized carbons (Fsp3) is 0.818. The van der Waals surface area contributed by atoms with Gasteiger partial charge in [-0.25, -0.2) is 8.78 Å². The summed E-state index contributed by atoms with van der Waals surface area (Å²) < 4.78 is 55.9. The molecule has 4 amide bonds. The second-order valence-electron chi connectivity index (χ2n) is 9.88. The SMILES string of the molecule is O=C1CCC(N2CC3CC(CNC(=O)C(F)(F)C4CCC(F)C(F)C4)CCC3C2=O)C(=O)N1. The molecule has 4 rings (SSSR count). The monoisotopic (exact) mass is 475 g/mol. The molecule has 0 aromatic carbocycles. The Hall–Kier alpha value is -2.20. The molecule has 0 spiro atoms. The van der Waals surface area contributed by atoms with Crippen molar-refractivity contribution < 1.29 is 36.7 Å². The second kappa shape index (κ2) is 9.21. The summed E-state index contributed by atoms with van der Waals surface area (Å²) in [5.74, 6) is -8.10. The molecule has 184 valence electrons. The van der Waals surface area contributed by atoms with E-state index >= 15 is 0 Å². The number of hydrogen-bond donors (Lipinski definition) is 2. The van der Waals surface area contributed by atoms with Crippen molar-refractivity contribution in [3.63, 3.8) is 0 Å². The highest BCUT2D eigenvalue weighted by atomic mass is 19.3. The highest BCUT2D eigenvalue weighted by Crippen LogP contribution is 2.42. The van der Waals surface area contributed by atoms with E-state index in [9.17, 15) is 36.7 Å². The third-order valence-electron chi connectivity index (χ3n) is 7.77. The molecule has 2 saturated heterocycles. The van der Waals surface area contributed by atoms with Gasteiger partial charge in [0.2, 0.25) is 17.7 Å². The topological polar surface area (TPSA) is 95.6 Å². The number of nitrogens with one attached hydrogen (secondary N) is 2. The van der Waals surface area contributed by atoms with Gasteiger partial charge >= 0.3 is 5.92 Å². The molecular weight excluding hydrogens is 446 g/mol. The average molecular weight is 475 g/mol. The van der Waals surface area contributed by atoms with Crippen LogP contribution in [-0.2, 0) is 19.2 Å². The number of fused-ring (bicyclic) bond motifs is 1. The van der Waals surface area contributed by atoms with Crippen molar-refractivity contribution in [3.05, 3.63) is 0 Å². The minimum absolute atomic E-state index is 0.0156. The van der Waals surface area contributed by atoms with Crippen molar-refractivity contribution in [1.29, 1.82) is 0 Å². The Kier molecular flexibility index (Phi) is 6.68. The van der Waals surface area contributed by atoms with E-state index in [4.69, 9.17) is 0 Å². The predicted molar refractivity (Wildman–Crippen MR) is 107 cm³/mol. The lowest BCUT2D eigenvalue weighted by Gasteiger charge is -2.33. The molecule has 11 heteroatoms. The summed E-state index contributed by atoms with van der Waals surface area (Å²) in [6, 6.07) is -0.670. The van der Waals surface area contributed by atoms with Gasteiger partial charge in [0.1, 0.15) is 18.4 Å². The Morgan fingerprint density at radius 3 is 2.48 bits per heavy atom. The molecular formula is C22H29F4N3O4. The Morgan fingerprint density at radius 2 is 1.79 bits per heavy atom. The van der Waals surface area contributed by atoms with Gasteiger partial charge in [0, 0.05) is 31.3 Å². The standard InChI is InChI=1S/C22H29F4N3O4/c23-15-4-2-13(8-16(15)24)22(25,26)21(33)27-9-11-1-3-14-12(7-11)10-29(20(14)32)17-5-6-18(30)28-19(17)31/h11-17H,1-10H2,(H,27,33)(H,28,30,31). The van der Waals surface area contributed by atoms with Gasteiger partial charge in [0.15, 0.2) is 0 Å². The van der Waals surface area contributed by atoms with Crippen LogP contribution in [0.4, 0.5) is 17.6 Å². The van der Waals surface area contributed by atoms with E-state index in [1.54, 1.807) is 0 Å². The number of likely N-dealkylation sites (tertiary alicyclic amines) is 1. The van der Waals surface area contributed by atoms with Crippen LogP contribution in [0.25, 0.3) is 0 Å². The van der Waals surface area contributed by atoms with E-state index in [1.165, 1.54) is 4.90 Å². The first-order valence-electron chi connectivity index (χ1n) is 11.7. The number of carbonyl (C=O) groups is 4. The third-order valence-corrected chi connectivity index (χ3v) is 7.77. The second-order valence-corrected chi connectivity index (χ2v) is 9.88. The number of alkyl halides is 4. The molecule has 0 aromatic heterocycles. The van der Waals surface area contributed by atoms with E-state index in [0.717, 1.165) is 0 Å². The largest absolute Gasteiger partial charge is 0.351 e. The summed E-state index contributed by atoms with van der Waals surface area (Å²) in [4.78, 5) is 50.1. The highest BCUT2D eigenvalue weighted by molar-refractivity contribution is 6.02. The Balaban J connectivity index is 1.29. The number of halogens is 4. The van der Waals surface area contributed by atoms with Gasteiger partial charge < -0.3 is 10.2 Å². The first kappa shape index (κ1) is 23.9. The third kappa shape index (κ3) is 4.73. The molecule has 7 unspecified atom stereocenters. The number of amides is 4. The summed E-state index contributed by atoms with van der Waals surface area (Å²) in [5, 5.41) is 4.55. The van der Waals surface area contributed by atoms with Crippen molar-refractivity contribution in [2.45, 2.75) is 75.7 Å². The summed E-state index contributed by atoms with van der Waals surface area (Å²) in [6.45, 7) is 0.377. The van der Waals surface area contributed by atoms with Crippen LogP contribution in [0.2, 0.25) is 0 Å². The van der Waals surface area contributed by atoms with Gasteiger partial charge in [-0.2, -0.15) is 8.78 Å². The fourth-order valence-corrected chi connectivity index (χ4v) is 5.84. The van der Waals surface area contributed by atoms with E-state index < -0.39 is 48.5 Å². The molecule has 0 aromatic rings. The number of imide groups is 1. The van der Waals surface area contributed by atoms with Crippen LogP contribution >= 0.6 is 0 Å². The average Bonchev–Trinajstić information content (AvgIpc) is 3.09. The molecule has 2 saturated carbocycles. The molecule has 4 fully saturated rings. The Labute approximate surface area is 189 Å². The molecule has 2 heterocycles. The maximum absolute atomic E-state index is 14.5. The zero-order valence-corrected chi connectivity index (χ0v) is 18.2. The van der Waals surface area contributed by atoms with Crippen molar-refractivity contribution in [3.8, 4) is 0 Å². The lowest BCUT2D eigenvalue weighted by molar-refractivity contribution is -0.159. The van der Waals surface area contributed by atoms with Crippen LogP contribution in [0, 0.1) is 23.7 Å². The molecule has 4 aliphatic rings. The van der Waals surface area contributed by atoms with Gasteiger partial charge in [-0.3, -0.25) is 24.5 Å². The van der Waals surface area contributed by atoms with Crippen LogP contribution < -0.4 is 10.6 Å². The van der Waals surface area contributed by atoms with Crippen LogP contribution in [0.5, 0.6) is 0 Å². The zero-order valence-electron chi connectivity index (χ0n) is 18.2. The summed E-state index contributed by atoms with van der Waals surface area (Å²) in [7, 11) is 0. The fourth-order valence-electron chi connectivity index (χ4n) is 5.84. The van der Waals surface area contributed by atoms with E-state index in [2.05, 4.69) is 10.6 Å². The van der Waals surface area contributed by atoms with E-state index in [0.29, 0.717) is 25.8 Å². The molecule has 2 N–H and O–H groups in total. The maximum atomic E-state index is 14.5. The molecule has 33 heavy (non-hydrogen) atoms. The molecule has 2 aliphatic heterocycles.